The Hall–Kier alpha value is -1.31. The van der Waals surface area contributed by atoms with Gasteiger partial charge in [-0.3, -0.25) is 4.79 Å². The Morgan fingerprint density at radius 3 is 2.81 bits per heavy atom. The average molecular weight is 217 g/mol. The molecule has 0 unspecified atom stereocenters. The van der Waals surface area contributed by atoms with E-state index < -0.39 is 5.97 Å². The highest BCUT2D eigenvalue weighted by Crippen LogP contribution is 2.34. The van der Waals surface area contributed by atoms with Crippen LogP contribution >= 0.6 is 0 Å². The Morgan fingerprint density at radius 1 is 1.38 bits per heavy atom. The van der Waals surface area contributed by atoms with Gasteiger partial charge >= 0.3 is 5.97 Å². The van der Waals surface area contributed by atoms with Gasteiger partial charge in [-0.05, 0) is 36.0 Å². The van der Waals surface area contributed by atoms with Crippen molar-refractivity contribution in [3.8, 4) is 0 Å². The summed E-state index contributed by atoms with van der Waals surface area (Å²) < 4.78 is 0. The lowest BCUT2D eigenvalue weighted by atomic mass is 9.81. The first-order chi connectivity index (χ1) is 7.77. The summed E-state index contributed by atoms with van der Waals surface area (Å²) in [6, 6.07) is 8.95. The summed E-state index contributed by atoms with van der Waals surface area (Å²) in [5.41, 5.74) is 2.09. The van der Waals surface area contributed by atoms with Crippen LogP contribution in [0.1, 0.15) is 49.1 Å². The van der Waals surface area contributed by atoms with Gasteiger partial charge in [-0.25, -0.2) is 0 Å². The van der Waals surface area contributed by atoms with E-state index in [1.54, 1.807) is 0 Å². The van der Waals surface area contributed by atoms with Gasteiger partial charge in [-0.15, -0.1) is 0 Å². The first-order valence-electron chi connectivity index (χ1n) is 5.98. The number of carboxylic acid groups (broad SMARTS) is 1. The lowest BCUT2D eigenvalue weighted by Gasteiger charge is -2.23. The largest absolute Gasteiger partial charge is 0.481 e. The molecule has 1 aliphatic carbocycles. The number of benzene rings is 1. The highest BCUT2D eigenvalue weighted by Gasteiger charge is 2.18. The maximum absolute atomic E-state index is 10.8. The van der Waals surface area contributed by atoms with Crippen LogP contribution in [0.5, 0.6) is 0 Å². The van der Waals surface area contributed by atoms with Gasteiger partial charge in [-0.1, -0.05) is 37.5 Å². The van der Waals surface area contributed by atoms with Crippen molar-refractivity contribution in [2.45, 2.75) is 44.4 Å². The van der Waals surface area contributed by atoms with E-state index in [4.69, 9.17) is 5.11 Å². The van der Waals surface area contributed by atoms with E-state index in [9.17, 15) is 4.79 Å². The molecule has 0 aliphatic heterocycles. The lowest BCUT2D eigenvalue weighted by molar-refractivity contribution is -0.136. The Kier molecular flexibility index (Phi) is 3.60. The molecule has 0 heterocycles. The zero-order valence-electron chi connectivity index (χ0n) is 9.41. The maximum Gasteiger partial charge on any atom is 0.307 e. The standard InChI is InChI=1S/C14H17O2/c15-14(16)10-12-8-4-5-9-13(12)11-6-2-1-3-7-11/h4-5,8,11H,1-3,6-7,10H2,(H,15,16). The molecule has 2 nitrogen and oxygen atoms in total. The summed E-state index contributed by atoms with van der Waals surface area (Å²) >= 11 is 0. The minimum atomic E-state index is -0.753. The highest BCUT2D eigenvalue weighted by atomic mass is 16.4. The molecule has 2 rings (SSSR count). The van der Waals surface area contributed by atoms with Gasteiger partial charge in [0.05, 0.1) is 6.42 Å². The lowest BCUT2D eigenvalue weighted by Crippen LogP contribution is -2.10. The molecule has 0 aromatic heterocycles. The van der Waals surface area contributed by atoms with Gasteiger partial charge in [0.1, 0.15) is 0 Å². The third kappa shape index (κ3) is 2.63. The summed E-state index contributed by atoms with van der Waals surface area (Å²) in [4.78, 5) is 10.8. The van der Waals surface area contributed by atoms with Crippen LogP contribution in [0.2, 0.25) is 0 Å². The molecule has 1 aromatic rings. The number of hydrogen-bond donors (Lipinski definition) is 1. The highest BCUT2D eigenvalue weighted by molar-refractivity contribution is 5.70. The average Bonchev–Trinajstić information content (AvgIpc) is 2.30. The summed E-state index contributed by atoms with van der Waals surface area (Å²) in [6.07, 6.45) is 6.35. The summed E-state index contributed by atoms with van der Waals surface area (Å²) in [6.45, 7) is 0. The van der Waals surface area contributed by atoms with Crippen molar-refractivity contribution in [1.82, 2.24) is 0 Å². The Bertz CT molecular complexity index is 365. The molecule has 2 heteroatoms. The molecule has 1 saturated carbocycles. The molecular weight excluding hydrogens is 200 g/mol. The second-order valence-corrected chi connectivity index (χ2v) is 4.51. The number of carboxylic acids is 1. The molecule has 1 aromatic carbocycles. The first-order valence-corrected chi connectivity index (χ1v) is 5.98. The van der Waals surface area contributed by atoms with Crippen molar-refractivity contribution in [3.05, 3.63) is 35.4 Å². The molecule has 0 amide bonds. The van der Waals surface area contributed by atoms with E-state index in [0.29, 0.717) is 5.92 Å². The number of carbonyl (C=O) groups is 1. The van der Waals surface area contributed by atoms with Crippen LogP contribution in [0.15, 0.2) is 18.2 Å². The second-order valence-electron chi connectivity index (χ2n) is 4.51. The Balaban J connectivity index is 2.20. The van der Waals surface area contributed by atoms with Crippen LogP contribution in [-0.4, -0.2) is 11.1 Å². The first kappa shape index (κ1) is 11.2. The molecule has 1 N–H and O–H groups in total. The van der Waals surface area contributed by atoms with E-state index in [2.05, 4.69) is 6.07 Å². The topological polar surface area (TPSA) is 37.3 Å². The predicted molar refractivity (Wildman–Crippen MR) is 62.4 cm³/mol. The fourth-order valence-electron chi connectivity index (χ4n) is 2.57. The third-order valence-electron chi connectivity index (χ3n) is 3.33. The summed E-state index contributed by atoms with van der Waals surface area (Å²) in [5, 5.41) is 8.88. The van der Waals surface area contributed by atoms with Crippen molar-refractivity contribution in [1.29, 1.82) is 0 Å². The minimum Gasteiger partial charge on any atom is -0.481 e. The molecule has 1 radical (unpaired) electrons. The second kappa shape index (κ2) is 5.15. The third-order valence-corrected chi connectivity index (χ3v) is 3.33. The summed E-state index contributed by atoms with van der Waals surface area (Å²) in [5.74, 6) is -0.221. The molecule has 85 valence electrons. The van der Waals surface area contributed by atoms with Crippen molar-refractivity contribution in [2.24, 2.45) is 0 Å². The van der Waals surface area contributed by atoms with Crippen molar-refractivity contribution in [2.75, 3.05) is 0 Å². The molecule has 16 heavy (non-hydrogen) atoms. The van der Waals surface area contributed by atoms with Crippen molar-refractivity contribution < 1.29 is 9.90 Å². The van der Waals surface area contributed by atoms with Crippen LogP contribution in [0.3, 0.4) is 0 Å². The van der Waals surface area contributed by atoms with E-state index >= 15 is 0 Å². The van der Waals surface area contributed by atoms with E-state index in [1.165, 1.54) is 32.1 Å². The van der Waals surface area contributed by atoms with Crippen LogP contribution in [0, 0.1) is 6.07 Å². The molecular formula is C14H17O2. The molecule has 0 bridgehead atoms. The van der Waals surface area contributed by atoms with Gasteiger partial charge in [0.2, 0.25) is 0 Å². The molecule has 0 spiro atoms. The van der Waals surface area contributed by atoms with Gasteiger partial charge < -0.3 is 5.11 Å². The molecule has 1 aliphatic rings. The quantitative estimate of drug-likeness (QED) is 0.844. The van der Waals surface area contributed by atoms with Gasteiger partial charge in [0.25, 0.3) is 0 Å². The van der Waals surface area contributed by atoms with Crippen molar-refractivity contribution in [3.63, 3.8) is 0 Å². The number of hydrogen-bond acceptors (Lipinski definition) is 1. The predicted octanol–water partition coefficient (Wildman–Crippen LogP) is 3.16. The van der Waals surface area contributed by atoms with Crippen LogP contribution < -0.4 is 0 Å². The number of aliphatic carboxylic acids is 1. The van der Waals surface area contributed by atoms with Gasteiger partial charge in [0, 0.05) is 0 Å². The van der Waals surface area contributed by atoms with Crippen LogP contribution in [-0.2, 0) is 11.2 Å². The van der Waals surface area contributed by atoms with Crippen LogP contribution in [0.4, 0.5) is 0 Å². The SMILES string of the molecule is O=C(O)Cc1ccc[c]c1C1CCCCC1. The van der Waals surface area contributed by atoms with Gasteiger partial charge in [-0.2, -0.15) is 0 Å². The van der Waals surface area contributed by atoms with Crippen molar-refractivity contribution >= 4 is 5.97 Å². The van der Waals surface area contributed by atoms with E-state index in [0.717, 1.165) is 11.1 Å². The minimum absolute atomic E-state index is 0.128. The molecule has 0 atom stereocenters. The Morgan fingerprint density at radius 2 is 2.12 bits per heavy atom. The van der Waals surface area contributed by atoms with E-state index in [-0.39, 0.29) is 6.42 Å². The maximum atomic E-state index is 10.8. The van der Waals surface area contributed by atoms with Crippen LogP contribution in [0.25, 0.3) is 0 Å². The normalized spacial score (nSPS) is 17.2. The summed E-state index contributed by atoms with van der Waals surface area (Å²) in [7, 11) is 0. The molecule has 0 saturated heterocycles. The smallest absolute Gasteiger partial charge is 0.307 e. The zero-order chi connectivity index (χ0) is 11.4. The van der Waals surface area contributed by atoms with Gasteiger partial charge in [0.15, 0.2) is 0 Å². The number of rotatable bonds is 3. The molecule has 1 fully saturated rings. The van der Waals surface area contributed by atoms with E-state index in [1.807, 2.05) is 18.2 Å². The monoisotopic (exact) mass is 217 g/mol. The fraction of sp³-hybridized carbons (Fsp3) is 0.500. The fourth-order valence-corrected chi connectivity index (χ4v) is 2.57. The zero-order valence-corrected chi connectivity index (χ0v) is 9.41. The Labute approximate surface area is 96.3 Å².